The molecule has 0 unspecified atom stereocenters. The number of amidine groups is 1. The van der Waals surface area contributed by atoms with E-state index in [1.807, 2.05) is 0 Å². The maximum Gasteiger partial charge on any atom is 0.169 e. The van der Waals surface area contributed by atoms with Gasteiger partial charge in [0, 0.05) is 7.05 Å². The van der Waals surface area contributed by atoms with Gasteiger partial charge in [0.25, 0.3) is 0 Å². The summed E-state index contributed by atoms with van der Waals surface area (Å²) in [6, 6.07) is 8.31. The predicted octanol–water partition coefficient (Wildman–Crippen LogP) is 4.34. The van der Waals surface area contributed by atoms with E-state index in [1.165, 1.54) is 10.5 Å². The van der Waals surface area contributed by atoms with Gasteiger partial charge in [-0.3, -0.25) is 0 Å². The fraction of sp³-hybridized carbons (Fsp3) is 0.400. The second-order valence-corrected chi connectivity index (χ2v) is 6.52. The van der Waals surface area contributed by atoms with Gasteiger partial charge < -0.3 is 4.90 Å². The lowest BCUT2D eigenvalue weighted by molar-refractivity contribution is 0.324. The number of rotatable bonds is 1. The van der Waals surface area contributed by atoms with Gasteiger partial charge in [-0.1, -0.05) is 23.9 Å². The van der Waals surface area contributed by atoms with Gasteiger partial charge in [0.1, 0.15) is 0 Å². The van der Waals surface area contributed by atoms with Crippen LogP contribution in [0.4, 0.5) is 5.69 Å². The van der Waals surface area contributed by atoms with Crippen molar-refractivity contribution in [2.75, 3.05) is 7.05 Å². The quantitative estimate of drug-likeness (QED) is 0.746. The molecule has 0 saturated carbocycles. The topological polar surface area (TPSA) is 15.6 Å². The van der Waals surface area contributed by atoms with Crippen LogP contribution in [0.1, 0.15) is 26.3 Å². The van der Waals surface area contributed by atoms with E-state index < -0.39 is 0 Å². The molecule has 0 atom stereocenters. The van der Waals surface area contributed by atoms with Gasteiger partial charge in [-0.05, 0) is 56.4 Å². The second-order valence-electron chi connectivity index (χ2n) is 5.30. The first-order valence-corrected chi connectivity index (χ1v) is 6.97. The van der Waals surface area contributed by atoms with Crippen LogP contribution in [0.3, 0.4) is 0 Å². The Morgan fingerprint density at radius 3 is 2.61 bits per heavy atom. The molecule has 0 spiro atoms. The minimum absolute atomic E-state index is 0.0258. The molecule has 0 bridgehead atoms. The molecule has 0 N–H and O–H groups in total. The van der Waals surface area contributed by atoms with Crippen molar-refractivity contribution in [2.45, 2.75) is 33.2 Å². The van der Waals surface area contributed by atoms with Gasteiger partial charge in [0.05, 0.1) is 11.2 Å². The number of nitrogens with zero attached hydrogens (tertiary/aromatic N) is 2. The summed E-state index contributed by atoms with van der Waals surface area (Å²) in [4.78, 5) is 8.31. The molecule has 1 aliphatic heterocycles. The van der Waals surface area contributed by atoms with Gasteiger partial charge in [-0.25, -0.2) is 4.99 Å². The van der Waals surface area contributed by atoms with Crippen molar-refractivity contribution >= 4 is 22.6 Å². The Kier molecular flexibility index (Phi) is 3.53. The molecule has 96 valence electrons. The molecule has 1 heterocycles. The maximum atomic E-state index is 4.77. The Labute approximate surface area is 114 Å². The van der Waals surface area contributed by atoms with E-state index in [0.717, 1.165) is 10.9 Å². The molecule has 1 aliphatic rings. The molecule has 0 aromatic heterocycles. The van der Waals surface area contributed by atoms with E-state index in [2.05, 4.69) is 70.0 Å². The van der Waals surface area contributed by atoms with E-state index in [1.54, 1.807) is 11.8 Å². The molecule has 2 nitrogen and oxygen atoms in total. The second kappa shape index (κ2) is 4.81. The molecule has 1 aromatic rings. The van der Waals surface area contributed by atoms with Crippen molar-refractivity contribution in [3.8, 4) is 0 Å². The Hall–Kier alpha value is -1.22. The highest BCUT2D eigenvalue weighted by atomic mass is 32.2. The number of allylic oxidation sites excluding steroid dienone is 1. The average Bonchev–Trinajstić information content (AvgIpc) is 2.24. The summed E-state index contributed by atoms with van der Waals surface area (Å²) < 4.78 is 0. The van der Waals surface area contributed by atoms with Gasteiger partial charge >= 0.3 is 0 Å². The first kappa shape index (κ1) is 13.2. The van der Waals surface area contributed by atoms with Crippen molar-refractivity contribution in [2.24, 2.45) is 4.99 Å². The predicted molar refractivity (Wildman–Crippen MR) is 81.5 cm³/mol. The standard InChI is InChI=1S/C15H20N2S/c1-11-7-6-8-13(9-11)16-14-17(5)15(3,4)10-12(2)18-14/h6-10H,1-5H3. The molecular weight excluding hydrogens is 240 g/mol. The first-order valence-electron chi connectivity index (χ1n) is 6.15. The third-order valence-corrected chi connectivity index (χ3v) is 4.17. The van der Waals surface area contributed by atoms with Crippen molar-refractivity contribution < 1.29 is 0 Å². The number of hydrogen-bond donors (Lipinski definition) is 0. The van der Waals surface area contributed by atoms with E-state index in [9.17, 15) is 0 Å². The molecular formula is C15H20N2S. The summed E-state index contributed by atoms with van der Waals surface area (Å²) in [6.07, 6.45) is 2.28. The van der Waals surface area contributed by atoms with Crippen molar-refractivity contribution in [3.63, 3.8) is 0 Å². The molecule has 0 fully saturated rings. The van der Waals surface area contributed by atoms with Gasteiger partial charge in [-0.15, -0.1) is 0 Å². The highest BCUT2D eigenvalue weighted by molar-refractivity contribution is 8.17. The molecule has 2 rings (SSSR count). The van der Waals surface area contributed by atoms with Crippen LogP contribution in [0.25, 0.3) is 0 Å². The Morgan fingerprint density at radius 2 is 1.94 bits per heavy atom. The van der Waals surface area contributed by atoms with E-state index in [-0.39, 0.29) is 5.54 Å². The van der Waals surface area contributed by atoms with Crippen LogP contribution >= 0.6 is 11.8 Å². The van der Waals surface area contributed by atoms with Gasteiger partial charge in [0.15, 0.2) is 5.17 Å². The van der Waals surface area contributed by atoms with Crippen LogP contribution in [0.15, 0.2) is 40.2 Å². The fourth-order valence-corrected chi connectivity index (χ4v) is 3.15. The van der Waals surface area contributed by atoms with Crippen LogP contribution in [0.2, 0.25) is 0 Å². The molecule has 0 radical (unpaired) electrons. The van der Waals surface area contributed by atoms with Crippen LogP contribution in [-0.4, -0.2) is 22.7 Å². The number of aryl methyl sites for hydroxylation is 1. The molecule has 1 aromatic carbocycles. The van der Waals surface area contributed by atoms with Crippen LogP contribution in [0.5, 0.6) is 0 Å². The van der Waals surface area contributed by atoms with Crippen LogP contribution in [0, 0.1) is 6.92 Å². The van der Waals surface area contributed by atoms with Crippen LogP contribution in [-0.2, 0) is 0 Å². The number of thioether (sulfide) groups is 1. The summed E-state index contributed by atoms with van der Waals surface area (Å²) in [5, 5.41) is 1.06. The summed E-state index contributed by atoms with van der Waals surface area (Å²) in [7, 11) is 2.10. The molecule has 18 heavy (non-hydrogen) atoms. The lowest BCUT2D eigenvalue weighted by atomic mass is 10.0. The number of hydrogen-bond acceptors (Lipinski definition) is 2. The number of aliphatic imine (C=N–C) groups is 1. The monoisotopic (exact) mass is 260 g/mol. The van der Waals surface area contributed by atoms with E-state index in [4.69, 9.17) is 4.99 Å². The molecule has 0 saturated heterocycles. The third-order valence-electron chi connectivity index (χ3n) is 3.19. The maximum absolute atomic E-state index is 4.77. The van der Waals surface area contributed by atoms with Crippen molar-refractivity contribution in [1.82, 2.24) is 4.90 Å². The summed E-state index contributed by atoms with van der Waals surface area (Å²) in [5.74, 6) is 0. The zero-order valence-electron chi connectivity index (χ0n) is 11.7. The lowest BCUT2D eigenvalue weighted by Crippen LogP contribution is -2.44. The summed E-state index contributed by atoms with van der Waals surface area (Å²) >= 11 is 1.73. The minimum Gasteiger partial charge on any atom is -0.345 e. The zero-order chi connectivity index (χ0) is 13.3. The number of benzene rings is 1. The minimum atomic E-state index is 0.0258. The summed E-state index contributed by atoms with van der Waals surface area (Å²) in [6.45, 7) is 8.66. The Morgan fingerprint density at radius 1 is 1.22 bits per heavy atom. The Bertz CT molecular complexity index is 515. The molecule has 0 amide bonds. The lowest BCUT2D eigenvalue weighted by Gasteiger charge is -2.39. The summed E-state index contributed by atoms with van der Waals surface area (Å²) in [5.41, 5.74) is 2.29. The molecule has 0 aliphatic carbocycles. The molecule has 3 heteroatoms. The number of likely N-dealkylation sites (N-methyl/N-ethyl adjacent to an activating group) is 1. The SMILES string of the molecule is CC1=CC(C)(C)N(C)C(=Nc2cccc(C)c2)S1. The fourth-order valence-electron chi connectivity index (χ4n) is 1.99. The highest BCUT2D eigenvalue weighted by Gasteiger charge is 2.29. The van der Waals surface area contributed by atoms with E-state index >= 15 is 0 Å². The van der Waals surface area contributed by atoms with Crippen LogP contribution < -0.4 is 0 Å². The average molecular weight is 260 g/mol. The highest BCUT2D eigenvalue weighted by Crippen LogP contribution is 2.34. The zero-order valence-corrected chi connectivity index (χ0v) is 12.5. The van der Waals surface area contributed by atoms with Gasteiger partial charge in [-0.2, -0.15) is 0 Å². The largest absolute Gasteiger partial charge is 0.345 e. The van der Waals surface area contributed by atoms with Gasteiger partial charge in [0.2, 0.25) is 0 Å². The van der Waals surface area contributed by atoms with Crippen molar-refractivity contribution in [3.05, 3.63) is 40.8 Å². The van der Waals surface area contributed by atoms with E-state index in [0.29, 0.717) is 0 Å². The smallest absolute Gasteiger partial charge is 0.169 e. The normalized spacial score (nSPS) is 21.1. The van der Waals surface area contributed by atoms with Crippen molar-refractivity contribution in [1.29, 1.82) is 0 Å². The Balaban J connectivity index is 2.37. The first-order chi connectivity index (χ1) is 8.38. The third kappa shape index (κ3) is 2.78.